The van der Waals surface area contributed by atoms with Crippen molar-refractivity contribution < 1.29 is 0 Å². The zero-order valence-corrected chi connectivity index (χ0v) is 10.7. The summed E-state index contributed by atoms with van der Waals surface area (Å²) < 4.78 is 0. The maximum Gasteiger partial charge on any atom is 0.0110 e. The van der Waals surface area contributed by atoms with Crippen LogP contribution in [0, 0.1) is 5.92 Å². The molecule has 1 nitrogen and oxygen atoms in total. The summed E-state index contributed by atoms with van der Waals surface area (Å²) in [5.41, 5.74) is 0.524. The average molecular weight is 223 g/mol. The Labute approximate surface area is 96.9 Å². The molecule has 0 spiro atoms. The van der Waals surface area contributed by atoms with Gasteiger partial charge >= 0.3 is 0 Å². The molecule has 1 heterocycles. The smallest absolute Gasteiger partial charge is 0.0110 e. The van der Waals surface area contributed by atoms with Crippen LogP contribution >= 0.6 is 11.3 Å². The molecule has 1 aromatic rings. The van der Waals surface area contributed by atoms with Crippen LogP contribution in [0.1, 0.15) is 38.5 Å². The van der Waals surface area contributed by atoms with Gasteiger partial charge in [0.15, 0.2) is 0 Å². The van der Waals surface area contributed by atoms with Crippen LogP contribution in [-0.2, 0) is 5.41 Å². The van der Waals surface area contributed by atoms with Crippen molar-refractivity contribution in [3.8, 4) is 0 Å². The minimum atomic E-state index is 0.524. The van der Waals surface area contributed by atoms with Crippen molar-refractivity contribution >= 4 is 11.3 Å². The van der Waals surface area contributed by atoms with Crippen LogP contribution < -0.4 is 5.32 Å². The zero-order valence-electron chi connectivity index (χ0n) is 9.92. The largest absolute Gasteiger partial charge is 0.314 e. The van der Waals surface area contributed by atoms with E-state index in [9.17, 15) is 0 Å². The minimum absolute atomic E-state index is 0.524. The van der Waals surface area contributed by atoms with Crippen molar-refractivity contribution in [1.29, 1.82) is 0 Å². The molecule has 84 valence electrons. The molecule has 2 unspecified atom stereocenters. The quantitative estimate of drug-likeness (QED) is 0.806. The van der Waals surface area contributed by atoms with Crippen molar-refractivity contribution in [2.45, 2.75) is 45.1 Å². The summed E-state index contributed by atoms with van der Waals surface area (Å²) >= 11 is 1.93. The molecule has 0 bridgehead atoms. The summed E-state index contributed by atoms with van der Waals surface area (Å²) in [7, 11) is 0. The first-order valence-electron chi connectivity index (χ1n) is 5.96. The Balaban J connectivity index is 1.97. The van der Waals surface area contributed by atoms with Crippen molar-refractivity contribution in [2.75, 3.05) is 6.54 Å². The third-order valence-electron chi connectivity index (χ3n) is 3.65. The summed E-state index contributed by atoms with van der Waals surface area (Å²) in [6.07, 6.45) is 2.67. The third kappa shape index (κ3) is 2.11. The highest BCUT2D eigenvalue weighted by atomic mass is 32.1. The predicted molar refractivity (Wildman–Crippen MR) is 67.5 cm³/mol. The van der Waals surface area contributed by atoms with Gasteiger partial charge in [-0.25, -0.2) is 0 Å². The molecule has 1 aromatic heterocycles. The molecule has 2 rings (SSSR count). The number of hydrogen-bond donors (Lipinski definition) is 1. The van der Waals surface area contributed by atoms with E-state index in [1.165, 1.54) is 19.4 Å². The van der Waals surface area contributed by atoms with E-state index < -0.39 is 0 Å². The van der Waals surface area contributed by atoms with Gasteiger partial charge in [-0.15, -0.1) is 11.3 Å². The summed E-state index contributed by atoms with van der Waals surface area (Å²) in [5.74, 6) is 0.864. The van der Waals surface area contributed by atoms with Crippen LogP contribution in [0.25, 0.3) is 0 Å². The molecular weight excluding hydrogens is 202 g/mol. The van der Waals surface area contributed by atoms with Gasteiger partial charge in [0.2, 0.25) is 0 Å². The van der Waals surface area contributed by atoms with Crippen LogP contribution in [0.2, 0.25) is 0 Å². The van der Waals surface area contributed by atoms with E-state index in [0.717, 1.165) is 5.92 Å². The molecule has 1 fully saturated rings. The predicted octanol–water partition coefficient (Wildman–Crippen LogP) is 3.41. The standard InChI is InChI=1S/C13H21NS/c1-4-13(12-6-5-7-15-12)8-11(13)9-14-10(2)3/h5-7,10-11,14H,4,8-9H2,1-3H3. The molecule has 0 aromatic carbocycles. The van der Waals surface area contributed by atoms with Crippen molar-refractivity contribution in [3.05, 3.63) is 22.4 Å². The first kappa shape index (κ1) is 11.2. The Bertz CT molecular complexity index is 304. The molecule has 2 heteroatoms. The van der Waals surface area contributed by atoms with Gasteiger partial charge in [-0.1, -0.05) is 26.8 Å². The van der Waals surface area contributed by atoms with Gasteiger partial charge in [0.25, 0.3) is 0 Å². The molecule has 2 atom stereocenters. The highest BCUT2D eigenvalue weighted by Crippen LogP contribution is 2.57. The van der Waals surface area contributed by atoms with E-state index in [1.54, 1.807) is 4.88 Å². The van der Waals surface area contributed by atoms with E-state index >= 15 is 0 Å². The van der Waals surface area contributed by atoms with Gasteiger partial charge in [0, 0.05) is 16.3 Å². The van der Waals surface area contributed by atoms with Gasteiger partial charge in [-0.05, 0) is 36.8 Å². The Kier molecular flexibility index (Phi) is 3.17. The van der Waals surface area contributed by atoms with Gasteiger partial charge < -0.3 is 5.32 Å². The lowest BCUT2D eigenvalue weighted by Gasteiger charge is -2.14. The van der Waals surface area contributed by atoms with Crippen LogP contribution in [0.15, 0.2) is 17.5 Å². The SMILES string of the molecule is CCC1(c2cccs2)CC1CNC(C)C. The number of thiophene rings is 1. The van der Waals surface area contributed by atoms with Gasteiger partial charge in [0.1, 0.15) is 0 Å². The van der Waals surface area contributed by atoms with E-state index in [2.05, 4.69) is 43.6 Å². The van der Waals surface area contributed by atoms with E-state index in [1.807, 2.05) is 11.3 Å². The van der Waals surface area contributed by atoms with E-state index in [4.69, 9.17) is 0 Å². The normalized spacial score (nSPS) is 29.7. The highest BCUT2D eigenvalue weighted by molar-refractivity contribution is 7.10. The summed E-state index contributed by atoms with van der Waals surface area (Å²) in [6.45, 7) is 7.96. The second-order valence-corrected chi connectivity index (χ2v) is 5.90. The molecule has 0 aliphatic heterocycles. The zero-order chi connectivity index (χ0) is 10.9. The van der Waals surface area contributed by atoms with Gasteiger partial charge in [-0.2, -0.15) is 0 Å². The lowest BCUT2D eigenvalue weighted by Crippen LogP contribution is -2.27. The van der Waals surface area contributed by atoms with Crippen LogP contribution in [-0.4, -0.2) is 12.6 Å². The van der Waals surface area contributed by atoms with Crippen LogP contribution in [0.4, 0.5) is 0 Å². The second kappa shape index (κ2) is 4.26. The lowest BCUT2D eigenvalue weighted by atomic mass is 9.98. The molecule has 0 amide bonds. The third-order valence-corrected chi connectivity index (χ3v) is 4.74. The molecule has 1 aliphatic carbocycles. The molecule has 1 saturated carbocycles. The Hall–Kier alpha value is -0.340. The van der Waals surface area contributed by atoms with E-state index in [0.29, 0.717) is 11.5 Å². The topological polar surface area (TPSA) is 12.0 Å². The second-order valence-electron chi connectivity index (χ2n) is 4.95. The Morgan fingerprint density at radius 1 is 1.60 bits per heavy atom. The minimum Gasteiger partial charge on any atom is -0.314 e. The van der Waals surface area contributed by atoms with Crippen molar-refractivity contribution in [1.82, 2.24) is 5.32 Å². The van der Waals surface area contributed by atoms with Gasteiger partial charge in [-0.3, -0.25) is 0 Å². The summed E-state index contributed by atoms with van der Waals surface area (Å²) in [5, 5.41) is 5.77. The number of hydrogen-bond acceptors (Lipinski definition) is 2. The van der Waals surface area contributed by atoms with Crippen LogP contribution in [0.3, 0.4) is 0 Å². The number of nitrogens with one attached hydrogen (secondary N) is 1. The van der Waals surface area contributed by atoms with Gasteiger partial charge in [0.05, 0.1) is 0 Å². The fourth-order valence-electron chi connectivity index (χ4n) is 2.50. The maximum atomic E-state index is 3.56. The van der Waals surface area contributed by atoms with Crippen molar-refractivity contribution in [2.24, 2.45) is 5.92 Å². The first-order valence-corrected chi connectivity index (χ1v) is 6.84. The fraction of sp³-hybridized carbons (Fsp3) is 0.692. The monoisotopic (exact) mass is 223 g/mol. The van der Waals surface area contributed by atoms with E-state index in [-0.39, 0.29) is 0 Å². The highest BCUT2D eigenvalue weighted by Gasteiger charge is 2.53. The first-order chi connectivity index (χ1) is 7.19. The van der Waals surface area contributed by atoms with Crippen molar-refractivity contribution in [3.63, 3.8) is 0 Å². The molecule has 0 saturated heterocycles. The maximum absolute atomic E-state index is 3.56. The molecule has 1 aliphatic rings. The molecule has 0 radical (unpaired) electrons. The molecule has 1 N–H and O–H groups in total. The number of rotatable bonds is 5. The summed E-state index contributed by atoms with van der Waals surface area (Å²) in [4.78, 5) is 1.60. The lowest BCUT2D eigenvalue weighted by molar-refractivity contribution is 0.510. The average Bonchev–Trinajstić information content (AvgIpc) is 2.67. The van der Waals surface area contributed by atoms with Crippen LogP contribution in [0.5, 0.6) is 0 Å². The Morgan fingerprint density at radius 3 is 2.93 bits per heavy atom. The Morgan fingerprint density at radius 2 is 2.40 bits per heavy atom. The molecular formula is C13H21NS. The fourth-order valence-corrected chi connectivity index (χ4v) is 3.59. The molecule has 15 heavy (non-hydrogen) atoms. The summed E-state index contributed by atoms with van der Waals surface area (Å²) in [6, 6.07) is 5.11.